The second-order valence-corrected chi connectivity index (χ2v) is 7.47. The third-order valence-electron chi connectivity index (χ3n) is 4.97. The number of ether oxygens (including phenoxy) is 2. The Hall–Kier alpha value is -2.54. The van der Waals surface area contributed by atoms with Gasteiger partial charge in [-0.05, 0) is 30.4 Å². The maximum Gasteiger partial charge on any atom is 0.356 e. The summed E-state index contributed by atoms with van der Waals surface area (Å²) in [6, 6.07) is 5.39. The summed E-state index contributed by atoms with van der Waals surface area (Å²) in [7, 11) is 2.89. The molecule has 0 spiro atoms. The van der Waals surface area contributed by atoms with Crippen LogP contribution in [0.1, 0.15) is 30.8 Å². The van der Waals surface area contributed by atoms with Gasteiger partial charge in [-0.3, -0.25) is 9.69 Å². The van der Waals surface area contributed by atoms with E-state index in [1.165, 1.54) is 13.5 Å². The zero-order valence-corrected chi connectivity index (χ0v) is 16.3. The number of methoxy groups -OCH3 is 2. The highest BCUT2D eigenvalue weighted by molar-refractivity contribution is 6.11. The molecule has 1 aromatic heterocycles. The number of esters is 1. The van der Waals surface area contributed by atoms with Crippen LogP contribution in [-0.4, -0.2) is 55.6 Å². The Morgan fingerprint density at radius 1 is 1.22 bits per heavy atom. The van der Waals surface area contributed by atoms with E-state index in [-0.39, 0.29) is 11.6 Å². The fourth-order valence-electron chi connectivity index (χ4n) is 3.99. The van der Waals surface area contributed by atoms with Crippen LogP contribution in [0.5, 0.6) is 5.75 Å². The Morgan fingerprint density at radius 2 is 1.93 bits per heavy atom. The van der Waals surface area contributed by atoms with E-state index in [4.69, 9.17) is 9.47 Å². The van der Waals surface area contributed by atoms with Gasteiger partial charge in [-0.15, -0.1) is 0 Å². The SMILES string of the molecule is COC(=O)c1[nH]c2cc(OC)ccc2c1NC(=O)CN1C[C@@H](C)C[C@H](C)C1. The minimum Gasteiger partial charge on any atom is -0.497 e. The van der Waals surface area contributed by atoms with Crippen molar-refractivity contribution in [3.8, 4) is 5.75 Å². The molecule has 1 fully saturated rings. The lowest BCUT2D eigenvalue weighted by Gasteiger charge is -2.34. The zero-order chi connectivity index (χ0) is 19.6. The highest BCUT2D eigenvalue weighted by Crippen LogP contribution is 2.31. The molecule has 1 aromatic carbocycles. The highest BCUT2D eigenvalue weighted by Gasteiger charge is 2.25. The van der Waals surface area contributed by atoms with Crippen LogP contribution in [0.15, 0.2) is 18.2 Å². The Bertz CT molecular complexity index is 835. The molecule has 1 saturated heterocycles. The van der Waals surface area contributed by atoms with E-state index in [0.29, 0.717) is 35.3 Å². The number of piperidine rings is 1. The number of amides is 1. The number of nitrogens with zero attached hydrogens (tertiary/aromatic N) is 1. The Balaban J connectivity index is 1.84. The number of H-pyrrole nitrogens is 1. The first-order chi connectivity index (χ1) is 12.9. The van der Waals surface area contributed by atoms with Gasteiger partial charge in [0.25, 0.3) is 0 Å². The number of hydrogen-bond donors (Lipinski definition) is 2. The standard InChI is InChI=1S/C20H27N3O4/c1-12-7-13(2)10-23(9-12)11-17(24)22-18-15-6-5-14(26-3)8-16(15)21-19(18)20(25)27-4/h5-6,8,12-13,21H,7,9-11H2,1-4H3,(H,22,24)/t12-,13-/m0/s1. The first-order valence-corrected chi connectivity index (χ1v) is 9.21. The van der Waals surface area contributed by atoms with Crippen molar-refractivity contribution in [1.82, 2.24) is 9.88 Å². The fraction of sp³-hybridized carbons (Fsp3) is 0.500. The summed E-state index contributed by atoms with van der Waals surface area (Å²) in [5.74, 6) is 1.15. The van der Waals surface area contributed by atoms with Gasteiger partial charge in [0.1, 0.15) is 11.4 Å². The van der Waals surface area contributed by atoms with E-state index < -0.39 is 5.97 Å². The quantitative estimate of drug-likeness (QED) is 0.788. The average molecular weight is 373 g/mol. The number of nitrogens with one attached hydrogen (secondary N) is 2. The molecule has 2 aromatic rings. The molecule has 146 valence electrons. The predicted octanol–water partition coefficient (Wildman–Crippen LogP) is 2.88. The molecule has 2 N–H and O–H groups in total. The van der Waals surface area contributed by atoms with Crippen LogP contribution >= 0.6 is 0 Å². The second-order valence-electron chi connectivity index (χ2n) is 7.47. The number of carbonyl (C=O) groups is 2. The number of hydrogen-bond acceptors (Lipinski definition) is 5. The van der Waals surface area contributed by atoms with Crippen molar-refractivity contribution < 1.29 is 19.1 Å². The van der Waals surface area contributed by atoms with Crippen molar-refractivity contribution in [1.29, 1.82) is 0 Å². The van der Waals surface area contributed by atoms with E-state index in [1.54, 1.807) is 19.2 Å². The molecule has 0 unspecified atom stereocenters. The van der Waals surface area contributed by atoms with Crippen LogP contribution in [0, 0.1) is 11.8 Å². The van der Waals surface area contributed by atoms with Gasteiger partial charge in [-0.2, -0.15) is 0 Å². The fourth-order valence-corrected chi connectivity index (χ4v) is 3.99. The molecule has 27 heavy (non-hydrogen) atoms. The van der Waals surface area contributed by atoms with Gasteiger partial charge in [0, 0.05) is 24.5 Å². The van der Waals surface area contributed by atoms with Crippen LogP contribution in [-0.2, 0) is 9.53 Å². The molecular formula is C20H27N3O4. The Morgan fingerprint density at radius 3 is 2.56 bits per heavy atom. The van der Waals surface area contributed by atoms with Crippen molar-refractivity contribution in [3.05, 3.63) is 23.9 Å². The Labute approximate surface area is 159 Å². The number of aromatic amines is 1. The summed E-state index contributed by atoms with van der Waals surface area (Å²) in [6.45, 7) is 6.55. The summed E-state index contributed by atoms with van der Waals surface area (Å²) < 4.78 is 10.1. The monoisotopic (exact) mass is 373 g/mol. The first kappa shape index (κ1) is 19.2. The molecular weight excluding hydrogens is 346 g/mol. The van der Waals surface area contributed by atoms with E-state index in [0.717, 1.165) is 18.5 Å². The molecule has 0 radical (unpaired) electrons. The number of benzene rings is 1. The van der Waals surface area contributed by atoms with E-state index >= 15 is 0 Å². The number of carbonyl (C=O) groups excluding carboxylic acids is 2. The molecule has 1 aliphatic rings. The average Bonchev–Trinajstić information content (AvgIpc) is 2.97. The molecule has 3 rings (SSSR count). The van der Waals surface area contributed by atoms with Crippen LogP contribution in [0.4, 0.5) is 5.69 Å². The van der Waals surface area contributed by atoms with Crippen LogP contribution < -0.4 is 10.1 Å². The van der Waals surface area contributed by atoms with Gasteiger partial charge in [-0.25, -0.2) is 4.79 Å². The Kier molecular flexibility index (Phi) is 5.70. The maximum atomic E-state index is 12.7. The third kappa shape index (κ3) is 4.24. The molecule has 7 heteroatoms. The van der Waals surface area contributed by atoms with Crippen molar-refractivity contribution in [2.75, 3.05) is 39.2 Å². The highest BCUT2D eigenvalue weighted by atomic mass is 16.5. The predicted molar refractivity (Wildman–Crippen MR) is 104 cm³/mol. The molecule has 2 atom stereocenters. The van der Waals surface area contributed by atoms with Crippen LogP contribution in [0.25, 0.3) is 10.9 Å². The van der Waals surface area contributed by atoms with Crippen molar-refractivity contribution in [2.24, 2.45) is 11.8 Å². The van der Waals surface area contributed by atoms with Gasteiger partial charge in [0.05, 0.1) is 32.0 Å². The number of fused-ring (bicyclic) bond motifs is 1. The summed E-state index contributed by atoms with van der Waals surface area (Å²) in [4.78, 5) is 30.0. The largest absolute Gasteiger partial charge is 0.497 e. The maximum absolute atomic E-state index is 12.7. The minimum atomic E-state index is -0.527. The number of anilines is 1. The summed E-state index contributed by atoms with van der Waals surface area (Å²) in [5.41, 5.74) is 1.38. The summed E-state index contributed by atoms with van der Waals surface area (Å²) >= 11 is 0. The number of likely N-dealkylation sites (tertiary alicyclic amines) is 1. The molecule has 1 aliphatic heterocycles. The van der Waals surface area contributed by atoms with Crippen LogP contribution in [0.3, 0.4) is 0 Å². The zero-order valence-electron chi connectivity index (χ0n) is 16.3. The first-order valence-electron chi connectivity index (χ1n) is 9.21. The third-order valence-corrected chi connectivity index (χ3v) is 4.97. The molecule has 1 amide bonds. The molecule has 2 heterocycles. The molecule has 0 bridgehead atoms. The number of aromatic nitrogens is 1. The lowest BCUT2D eigenvalue weighted by atomic mass is 9.92. The summed E-state index contributed by atoms with van der Waals surface area (Å²) in [5, 5.41) is 3.65. The normalized spacial score (nSPS) is 20.4. The second kappa shape index (κ2) is 8.00. The van der Waals surface area contributed by atoms with E-state index in [1.807, 2.05) is 6.07 Å². The smallest absolute Gasteiger partial charge is 0.356 e. The topological polar surface area (TPSA) is 83.7 Å². The molecule has 7 nitrogen and oxygen atoms in total. The van der Waals surface area contributed by atoms with Crippen molar-refractivity contribution in [3.63, 3.8) is 0 Å². The van der Waals surface area contributed by atoms with Gasteiger partial charge in [0.15, 0.2) is 0 Å². The van der Waals surface area contributed by atoms with Gasteiger partial charge in [0.2, 0.25) is 5.91 Å². The summed E-state index contributed by atoms with van der Waals surface area (Å²) in [6.07, 6.45) is 1.19. The van der Waals surface area contributed by atoms with E-state index in [9.17, 15) is 9.59 Å². The lowest BCUT2D eigenvalue weighted by Crippen LogP contribution is -2.42. The minimum absolute atomic E-state index is 0.141. The van der Waals surface area contributed by atoms with Gasteiger partial charge < -0.3 is 19.8 Å². The molecule has 0 aliphatic carbocycles. The number of rotatable bonds is 5. The van der Waals surface area contributed by atoms with Crippen molar-refractivity contribution >= 4 is 28.5 Å². The lowest BCUT2D eigenvalue weighted by molar-refractivity contribution is -0.117. The van der Waals surface area contributed by atoms with Crippen LogP contribution in [0.2, 0.25) is 0 Å². The van der Waals surface area contributed by atoms with Crippen molar-refractivity contribution in [2.45, 2.75) is 20.3 Å². The van der Waals surface area contributed by atoms with Gasteiger partial charge in [-0.1, -0.05) is 13.8 Å². The molecule has 0 saturated carbocycles. The van der Waals surface area contributed by atoms with E-state index in [2.05, 4.69) is 29.0 Å². The van der Waals surface area contributed by atoms with Gasteiger partial charge >= 0.3 is 5.97 Å².